The van der Waals surface area contributed by atoms with Gasteiger partial charge in [-0.3, -0.25) is 0 Å². The van der Waals surface area contributed by atoms with E-state index in [0.717, 1.165) is 18.3 Å². The van der Waals surface area contributed by atoms with Crippen LogP contribution in [0.25, 0.3) is 0 Å². The van der Waals surface area contributed by atoms with Gasteiger partial charge in [0.2, 0.25) is 0 Å². The van der Waals surface area contributed by atoms with Gasteiger partial charge < -0.3 is 4.90 Å². The Bertz CT molecular complexity index is 347. The molecule has 4 nitrogen and oxygen atoms in total. The Morgan fingerprint density at radius 2 is 2.29 bits per heavy atom. The summed E-state index contributed by atoms with van der Waals surface area (Å²) in [7, 11) is 2.01. The van der Waals surface area contributed by atoms with Crippen molar-refractivity contribution in [1.82, 2.24) is 9.97 Å². The van der Waals surface area contributed by atoms with Crippen molar-refractivity contribution in [2.24, 2.45) is 5.92 Å². The van der Waals surface area contributed by atoms with E-state index in [4.69, 9.17) is 5.26 Å². The third-order valence-electron chi connectivity index (χ3n) is 2.37. The second kappa shape index (κ2) is 3.62. The van der Waals surface area contributed by atoms with Crippen LogP contribution in [0.2, 0.25) is 0 Å². The molecule has 0 bridgehead atoms. The van der Waals surface area contributed by atoms with E-state index < -0.39 is 0 Å². The predicted octanol–water partition coefficient (Wildman–Crippen LogP) is 1.19. The average molecular weight is 188 g/mol. The molecule has 0 atom stereocenters. The molecular formula is C10H12N4. The van der Waals surface area contributed by atoms with E-state index in [1.807, 2.05) is 13.1 Å². The van der Waals surface area contributed by atoms with E-state index in [9.17, 15) is 0 Å². The van der Waals surface area contributed by atoms with Crippen LogP contribution in [-0.4, -0.2) is 23.6 Å². The lowest BCUT2D eigenvalue weighted by Gasteiger charge is -2.16. The highest BCUT2D eigenvalue weighted by atomic mass is 15.2. The minimum atomic E-state index is 0.369. The van der Waals surface area contributed by atoms with Gasteiger partial charge in [0.25, 0.3) is 0 Å². The van der Waals surface area contributed by atoms with Gasteiger partial charge >= 0.3 is 0 Å². The lowest BCUT2D eigenvalue weighted by Crippen LogP contribution is -2.21. The molecule has 0 amide bonds. The van der Waals surface area contributed by atoms with E-state index in [1.165, 1.54) is 19.0 Å². The Morgan fingerprint density at radius 1 is 1.50 bits per heavy atom. The quantitative estimate of drug-likeness (QED) is 0.715. The third kappa shape index (κ3) is 1.99. The van der Waals surface area contributed by atoms with Crippen molar-refractivity contribution in [3.63, 3.8) is 0 Å². The van der Waals surface area contributed by atoms with Gasteiger partial charge in [0.15, 0.2) is 5.69 Å². The van der Waals surface area contributed by atoms with E-state index in [2.05, 4.69) is 14.9 Å². The monoisotopic (exact) mass is 188 g/mol. The first-order valence-electron chi connectivity index (χ1n) is 4.73. The summed E-state index contributed by atoms with van der Waals surface area (Å²) < 4.78 is 0. The fraction of sp³-hybridized carbons (Fsp3) is 0.500. The van der Waals surface area contributed by atoms with E-state index in [1.54, 1.807) is 6.20 Å². The van der Waals surface area contributed by atoms with Crippen LogP contribution in [0.4, 0.5) is 5.82 Å². The van der Waals surface area contributed by atoms with E-state index in [-0.39, 0.29) is 0 Å². The zero-order valence-electron chi connectivity index (χ0n) is 8.14. The number of anilines is 1. The maximum Gasteiger partial charge on any atom is 0.158 e. The maximum atomic E-state index is 8.56. The standard InChI is InChI=1S/C10H12N4/c1-14(7-8-2-3-8)10-6-12-9(4-11)5-13-10/h5-6,8H,2-3,7H2,1H3. The van der Waals surface area contributed by atoms with E-state index in [0.29, 0.717) is 5.69 Å². The van der Waals surface area contributed by atoms with Gasteiger partial charge in [0.1, 0.15) is 11.9 Å². The molecule has 1 saturated carbocycles. The summed E-state index contributed by atoms with van der Waals surface area (Å²) in [5, 5.41) is 8.56. The summed E-state index contributed by atoms with van der Waals surface area (Å²) in [6, 6.07) is 1.95. The zero-order chi connectivity index (χ0) is 9.97. The molecular weight excluding hydrogens is 176 g/mol. The van der Waals surface area contributed by atoms with Crippen LogP contribution in [0.1, 0.15) is 18.5 Å². The first kappa shape index (κ1) is 8.95. The number of hydrogen-bond acceptors (Lipinski definition) is 4. The maximum absolute atomic E-state index is 8.56. The number of aromatic nitrogens is 2. The first-order valence-corrected chi connectivity index (χ1v) is 4.73. The van der Waals surface area contributed by atoms with Crippen molar-refractivity contribution in [3.8, 4) is 6.07 Å². The molecule has 1 aliphatic rings. The van der Waals surface area contributed by atoms with Crippen LogP contribution >= 0.6 is 0 Å². The molecule has 2 rings (SSSR count). The lowest BCUT2D eigenvalue weighted by atomic mass is 10.4. The highest BCUT2D eigenvalue weighted by Gasteiger charge is 2.23. The number of nitrogens with zero attached hydrogens (tertiary/aromatic N) is 4. The summed E-state index contributed by atoms with van der Waals surface area (Å²) in [6.07, 6.45) is 5.82. The average Bonchev–Trinajstić information content (AvgIpc) is 3.02. The fourth-order valence-electron chi connectivity index (χ4n) is 1.36. The second-order valence-electron chi connectivity index (χ2n) is 3.70. The SMILES string of the molecule is CN(CC1CC1)c1cnc(C#N)cn1. The van der Waals surface area contributed by atoms with Gasteiger partial charge in [-0.25, -0.2) is 9.97 Å². The Balaban J connectivity index is 2.04. The molecule has 72 valence electrons. The van der Waals surface area contributed by atoms with Crippen LogP contribution in [0, 0.1) is 17.2 Å². The summed E-state index contributed by atoms with van der Waals surface area (Å²) in [5.41, 5.74) is 0.369. The van der Waals surface area contributed by atoms with Crippen molar-refractivity contribution in [3.05, 3.63) is 18.1 Å². The molecule has 0 saturated heterocycles. The molecule has 14 heavy (non-hydrogen) atoms. The summed E-state index contributed by atoms with van der Waals surface area (Å²) in [5.74, 6) is 1.67. The molecule has 4 heteroatoms. The van der Waals surface area contributed by atoms with Crippen molar-refractivity contribution in [1.29, 1.82) is 5.26 Å². The van der Waals surface area contributed by atoms with Gasteiger partial charge in [0, 0.05) is 13.6 Å². The van der Waals surface area contributed by atoms with E-state index >= 15 is 0 Å². The van der Waals surface area contributed by atoms with Crippen LogP contribution in [0.15, 0.2) is 12.4 Å². The van der Waals surface area contributed by atoms with Crippen molar-refractivity contribution in [2.45, 2.75) is 12.8 Å². The normalized spacial score (nSPS) is 14.9. The minimum absolute atomic E-state index is 0.369. The van der Waals surface area contributed by atoms with Gasteiger partial charge in [-0.05, 0) is 18.8 Å². The zero-order valence-corrected chi connectivity index (χ0v) is 8.14. The molecule has 0 N–H and O–H groups in total. The van der Waals surface area contributed by atoms with Gasteiger partial charge in [-0.2, -0.15) is 5.26 Å². The van der Waals surface area contributed by atoms with Crippen molar-refractivity contribution < 1.29 is 0 Å². The smallest absolute Gasteiger partial charge is 0.158 e. The van der Waals surface area contributed by atoms with Crippen LogP contribution < -0.4 is 4.90 Å². The molecule has 1 aromatic heterocycles. The van der Waals surface area contributed by atoms with Gasteiger partial charge in [0.05, 0.1) is 12.4 Å². The largest absolute Gasteiger partial charge is 0.358 e. The van der Waals surface area contributed by atoms with Crippen molar-refractivity contribution >= 4 is 5.82 Å². The molecule has 0 aromatic carbocycles. The highest BCUT2D eigenvalue weighted by molar-refractivity contribution is 5.36. The van der Waals surface area contributed by atoms with Crippen LogP contribution in [0.3, 0.4) is 0 Å². The fourth-order valence-corrected chi connectivity index (χ4v) is 1.36. The highest BCUT2D eigenvalue weighted by Crippen LogP contribution is 2.30. The number of rotatable bonds is 3. The molecule has 0 radical (unpaired) electrons. The molecule has 1 aromatic rings. The Hall–Kier alpha value is -1.63. The van der Waals surface area contributed by atoms with Gasteiger partial charge in [-0.1, -0.05) is 0 Å². The lowest BCUT2D eigenvalue weighted by molar-refractivity contribution is 0.774. The first-order chi connectivity index (χ1) is 6.79. The topological polar surface area (TPSA) is 52.8 Å². The Labute approximate surface area is 83.2 Å². The Kier molecular flexibility index (Phi) is 2.32. The third-order valence-corrected chi connectivity index (χ3v) is 2.37. The van der Waals surface area contributed by atoms with Gasteiger partial charge in [-0.15, -0.1) is 0 Å². The molecule has 1 aliphatic carbocycles. The van der Waals surface area contributed by atoms with Crippen LogP contribution in [-0.2, 0) is 0 Å². The Morgan fingerprint density at radius 3 is 2.79 bits per heavy atom. The summed E-state index contributed by atoms with van der Waals surface area (Å²) in [6.45, 7) is 1.04. The number of hydrogen-bond donors (Lipinski definition) is 0. The van der Waals surface area contributed by atoms with Crippen LogP contribution in [0.5, 0.6) is 0 Å². The second-order valence-corrected chi connectivity index (χ2v) is 3.70. The predicted molar refractivity (Wildman–Crippen MR) is 52.7 cm³/mol. The number of nitriles is 1. The summed E-state index contributed by atoms with van der Waals surface area (Å²) in [4.78, 5) is 10.2. The molecule has 0 spiro atoms. The molecule has 1 heterocycles. The summed E-state index contributed by atoms with van der Waals surface area (Å²) >= 11 is 0. The molecule has 0 aliphatic heterocycles. The minimum Gasteiger partial charge on any atom is -0.358 e. The molecule has 0 unspecified atom stereocenters. The van der Waals surface area contributed by atoms with Crippen molar-refractivity contribution in [2.75, 3.05) is 18.5 Å². The molecule has 1 fully saturated rings.